The lowest BCUT2D eigenvalue weighted by atomic mass is 10.2. The molecule has 7 nitrogen and oxygen atoms in total. The average molecular weight is 324 g/mol. The van der Waals surface area contributed by atoms with Crippen LogP contribution in [-0.4, -0.2) is 43.7 Å². The van der Waals surface area contributed by atoms with Crippen LogP contribution < -0.4 is 5.56 Å². The fraction of sp³-hybridized carbons (Fsp3) is 0.625. The van der Waals surface area contributed by atoms with Gasteiger partial charge in [-0.15, -0.1) is 0 Å². The minimum atomic E-state index is -0.782. The first-order valence-electron chi connectivity index (χ1n) is 7.90. The van der Waals surface area contributed by atoms with Crippen LogP contribution in [0.15, 0.2) is 16.8 Å². The first-order chi connectivity index (χ1) is 11.0. The molecule has 0 radical (unpaired) electrons. The molecule has 3 N–H and O–H groups in total. The molecule has 1 fully saturated rings. The Hall–Kier alpha value is -1.70. The van der Waals surface area contributed by atoms with E-state index < -0.39 is 18.4 Å². The topological polar surface area (TPSA) is 105 Å². The molecular formula is C16H24N2O5. The summed E-state index contributed by atoms with van der Waals surface area (Å²) in [6, 6.07) is 0. The van der Waals surface area contributed by atoms with Gasteiger partial charge in [-0.05, 0) is 13.3 Å². The molecule has 0 bridgehead atoms. The lowest BCUT2D eigenvalue weighted by molar-refractivity contribution is -0.0451. The number of aliphatic hydroxyl groups is 3. The normalized spacial score (nSPS) is 25.0. The summed E-state index contributed by atoms with van der Waals surface area (Å²) in [7, 11) is 0. The van der Waals surface area contributed by atoms with Crippen LogP contribution in [0.3, 0.4) is 0 Å². The Kier molecular flexibility index (Phi) is 5.92. The molecule has 0 amide bonds. The molecule has 0 saturated carbocycles. The van der Waals surface area contributed by atoms with Crippen molar-refractivity contribution in [2.24, 2.45) is 0 Å². The molecule has 23 heavy (non-hydrogen) atoms. The first kappa shape index (κ1) is 17.7. The molecule has 1 aliphatic heterocycles. The van der Waals surface area contributed by atoms with E-state index in [1.807, 2.05) is 6.92 Å². The molecule has 0 aromatic carbocycles. The number of aliphatic hydroxyl groups excluding tert-OH is 3. The molecule has 2 heterocycles. The van der Waals surface area contributed by atoms with E-state index in [1.54, 1.807) is 17.7 Å². The Balaban J connectivity index is 2.35. The van der Waals surface area contributed by atoms with Gasteiger partial charge in [0.25, 0.3) is 5.56 Å². The SMILES string of the molecule is CCCC/C(O)=C\c1nc(=O)c(C)cn1[C@H]1C[C@H](O)[C@@H](CO)O1. The monoisotopic (exact) mass is 324 g/mol. The lowest BCUT2D eigenvalue weighted by Gasteiger charge is -2.18. The van der Waals surface area contributed by atoms with Crippen LogP contribution in [-0.2, 0) is 4.74 Å². The van der Waals surface area contributed by atoms with Gasteiger partial charge in [-0.25, -0.2) is 0 Å². The molecule has 1 aromatic rings. The van der Waals surface area contributed by atoms with E-state index in [2.05, 4.69) is 4.98 Å². The van der Waals surface area contributed by atoms with Crippen LogP contribution in [0.25, 0.3) is 6.08 Å². The number of nitrogens with zero attached hydrogens (tertiary/aromatic N) is 2. The van der Waals surface area contributed by atoms with Gasteiger partial charge in [-0.3, -0.25) is 4.79 Å². The summed E-state index contributed by atoms with van der Waals surface area (Å²) in [5.41, 5.74) is 0.0776. The van der Waals surface area contributed by atoms with Crippen molar-refractivity contribution >= 4 is 6.08 Å². The summed E-state index contributed by atoms with van der Waals surface area (Å²) >= 11 is 0. The third-order valence-electron chi connectivity index (χ3n) is 3.93. The van der Waals surface area contributed by atoms with Crippen molar-refractivity contribution in [3.8, 4) is 0 Å². The number of hydrogen-bond acceptors (Lipinski definition) is 6. The molecule has 1 aromatic heterocycles. The van der Waals surface area contributed by atoms with Crippen LogP contribution in [0.2, 0.25) is 0 Å². The van der Waals surface area contributed by atoms with Gasteiger partial charge in [-0.2, -0.15) is 4.98 Å². The molecule has 0 spiro atoms. The summed E-state index contributed by atoms with van der Waals surface area (Å²) in [4.78, 5) is 15.8. The molecule has 1 saturated heterocycles. The Morgan fingerprint density at radius 1 is 1.57 bits per heavy atom. The van der Waals surface area contributed by atoms with Crippen molar-refractivity contribution in [1.82, 2.24) is 9.55 Å². The van der Waals surface area contributed by atoms with Crippen molar-refractivity contribution in [2.45, 2.75) is 58.0 Å². The van der Waals surface area contributed by atoms with Crippen molar-refractivity contribution in [1.29, 1.82) is 0 Å². The number of aromatic nitrogens is 2. The molecule has 128 valence electrons. The zero-order chi connectivity index (χ0) is 17.0. The lowest BCUT2D eigenvalue weighted by Crippen LogP contribution is -2.24. The number of hydrogen-bond donors (Lipinski definition) is 3. The Bertz CT molecular complexity index is 625. The smallest absolute Gasteiger partial charge is 0.276 e. The number of ether oxygens (including phenoxy) is 1. The largest absolute Gasteiger partial charge is 0.512 e. The standard InChI is InChI=1S/C16H24N2O5/c1-3-4-5-11(20)6-14-17-16(22)10(2)8-18(14)15-7-12(21)13(9-19)23-15/h6,8,12-13,15,19-21H,3-5,7,9H2,1-2H3/b11-6+/t12-,13+,15+/m0/s1. The highest BCUT2D eigenvalue weighted by molar-refractivity contribution is 5.43. The van der Waals surface area contributed by atoms with Gasteiger partial charge >= 0.3 is 0 Å². The molecule has 2 rings (SSSR count). The van der Waals surface area contributed by atoms with E-state index >= 15 is 0 Å². The number of aryl methyl sites for hydroxylation is 1. The van der Waals surface area contributed by atoms with Crippen molar-refractivity contribution < 1.29 is 20.1 Å². The van der Waals surface area contributed by atoms with Gasteiger partial charge in [0.05, 0.1) is 18.5 Å². The summed E-state index contributed by atoms with van der Waals surface area (Å²) < 4.78 is 7.24. The van der Waals surface area contributed by atoms with Crippen LogP contribution in [0, 0.1) is 6.92 Å². The van der Waals surface area contributed by atoms with Crippen LogP contribution in [0.5, 0.6) is 0 Å². The highest BCUT2D eigenvalue weighted by Crippen LogP contribution is 2.29. The Labute approximate surface area is 134 Å². The number of rotatable bonds is 6. The van der Waals surface area contributed by atoms with Gasteiger partial charge < -0.3 is 24.6 Å². The Morgan fingerprint density at radius 2 is 2.30 bits per heavy atom. The summed E-state index contributed by atoms with van der Waals surface area (Å²) in [5.74, 6) is 0.429. The average Bonchev–Trinajstić information content (AvgIpc) is 2.89. The molecule has 0 aliphatic carbocycles. The van der Waals surface area contributed by atoms with Crippen molar-refractivity contribution in [3.63, 3.8) is 0 Å². The Morgan fingerprint density at radius 3 is 2.91 bits per heavy atom. The second kappa shape index (κ2) is 7.72. The minimum absolute atomic E-state index is 0.147. The zero-order valence-corrected chi connectivity index (χ0v) is 13.5. The second-order valence-electron chi connectivity index (χ2n) is 5.85. The second-order valence-corrected chi connectivity index (χ2v) is 5.85. The van der Waals surface area contributed by atoms with E-state index in [1.165, 1.54) is 6.08 Å². The summed E-state index contributed by atoms with van der Waals surface area (Å²) in [5, 5.41) is 29.1. The van der Waals surface area contributed by atoms with E-state index in [-0.39, 0.29) is 30.2 Å². The van der Waals surface area contributed by atoms with Gasteiger partial charge in [0, 0.05) is 30.7 Å². The molecular weight excluding hydrogens is 300 g/mol. The quantitative estimate of drug-likeness (QED) is 0.681. The summed E-state index contributed by atoms with van der Waals surface area (Å²) in [6.45, 7) is 3.39. The van der Waals surface area contributed by atoms with E-state index in [9.17, 15) is 20.1 Å². The van der Waals surface area contributed by atoms with E-state index in [4.69, 9.17) is 4.74 Å². The van der Waals surface area contributed by atoms with Crippen LogP contribution in [0.4, 0.5) is 0 Å². The van der Waals surface area contributed by atoms with Gasteiger partial charge in [0.2, 0.25) is 0 Å². The highest BCUT2D eigenvalue weighted by atomic mass is 16.5. The maximum atomic E-state index is 11.8. The van der Waals surface area contributed by atoms with Crippen molar-refractivity contribution in [3.05, 3.63) is 33.7 Å². The predicted molar refractivity (Wildman–Crippen MR) is 85.0 cm³/mol. The fourth-order valence-corrected chi connectivity index (χ4v) is 2.55. The fourth-order valence-electron chi connectivity index (χ4n) is 2.55. The third kappa shape index (κ3) is 4.19. The first-order valence-corrected chi connectivity index (χ1v) is 7.90. The summed E-state index contributed by atoms with van der Waals surface area (Å²) in [6.07, 6.45) is 3.65. The molecule has 0 unspecified atom stereocenters. The van der Waals surface area contributed by atoms with Crippen LogP contribution in [0.1, 0.15) is 50.2 Å². The highest BCUT2D eigenvalue weighted by Gasteiger charge is 2.35. The third-order valence-corrected chi connectivity index (χ3v) is 3.93. The van der Waals surface area contributed by atoms with E-state index in [0.717, 1.165) is 12.8 Å². The molecule has 1 aliphatic rings. The minimum Gasteiger partial charge on any atom is -0.512 e. The number of allylic oxidation sites excluding steroid dienone is 1. The zero-order valence-electron chi connectivity index (χ0n) is 13.5. The van der Waals surface area contributed by atoms with Gasteiger partial charge in [0.15, 0.2) is 0 Å². The van der Waals surface area contributed by atoms with Crippen molar-refractivity contribution in [2.75, 3.05) is 6.61 Å². The maximum Gasteiger partial charge on any atom is 0.276 e. The van der Waals surface area contributed by atoms with Gasteiger partial charge in [0.1, 0.15) is 18.2 Å². The number of unbranched alkanes of at least 4 members (excludes halogenated alkanes) is 1. The van der Waals surface area contributed by atoms with Gasteiger partial charge in [-0.1, -0.05) is 13.3 Å². The maximum absolute atomic E-state index is 11.8. The molecule has 3 atom stereocenters. The molecule has 7 heteroatoms. The predicted octanol–water partition coefficient (Wildman–Crippen LogP) is 1.28. The van der Waals surface area contributed by atoms with E-state index in [0.29, 0.717) is 12.0 Å². The van der Waals surface area contributed by atoms with Crippen LogP contribution >= 0.6 is 0 Å².